The number of nitrogens with zero attached hydrogens (tertiary/aromatic N) is 2. The Kier molecular flexibility index (Phi) is 4.26. The van der Waals surface area contributed by atoms with Crippen LogP contribution in [0.5, 0.6) is 0 Å². The largest absolute Gasteiger partial charge is 0.347 e. The van der Waals surface area contributed by atoms with Crippen molar-refractivity contribution in [2.24, 2.45) is 23.2 Å². The predicted octanol–water partition coefficient (Wildman–Crippen LogP) is 4.39. The van der Waals surface area contributed by atoms with Crippen molar-refractivity contribution >= 4 is 21.8 Å². The fourth-order valence-electron chi connectivity index (χ4n) is 6.23. The second kappa shape index (κ2) is 6.15. The molecule has 132 valence electrons. The molecule has 0 saturated heterocycles. The maximum atomic E-state index is 12.8. The highest BCUT2D eigenvalue weighted by atomic mass is 79.9. The minimum atomic E-state index is -0.0170. The van der Waals surface area contributed by atoms with E-state index in [1.807, 2.05) is 17.8 Å². The van der Waals surface area contributed by atoms with Gasteiger partial charge in [-0.05, 0) is 91.0 Å². The summed E-state index contributed by atoms with van der Waals surface area (Å²) in [6.45, 7) is 5.03. The van der Waals surface area contributed by atoms with E-state index in [0.717, 1.165) is 35.2 Å². The van der Waals surface area contributed by atoms with Crippen LogP contribution in [0.3, 0.4) is 0 Å². The van der Waals surface area contributed by atoms with Crippen LogP contribution in [0.25, 0.3) is 0 Å². The van der Waals surface area contributed by atoms with Gasteiger partial charge in [0, 0.05) is 18.8 Å². The number of aromatic nitrogens is 2. The van der Waals surface area contributed by atoms with E-state index < -0.39 is 0 Å². The summed E-state index contributed by atoms with van der Waals surface area (Å²) < 4.78 is 2.60. The SMILES string of the molecule is CCC(NC(=O)c1nn(CC)cc1Br)C12CC3CC(CC(C3)C1)C2. The van der Waals surface area contributed by atoms with Crippen molar-refractivity contribution in [1.82, 2.24) is 15.1 Å². The van der Waals surface area contributed by atoms with Crippen LogP contribution in [-0.4, -0.2) is 21.7 Å². The smallest absolute Gasteiger partial charge is 0.273 e. The van der Waals surface area contributed by atoms with Crippen LogP contribution < -0.4 is 5.32 Å². The Bertz CT molecular complexity index is 603. The van der Waals surface area contributed by atoms with Crippen LogP contribution in [0.1, 0.15) is 69.3 Å². The summed E-state index contributed by atoms with van der Waals surface area (Å²) in [6.07, 6.45) is 11.2. The molecule has 0 aromatic carbocycles. The van der Waals surface area contributed by atoms with Gasteiger partial charge in [0.1, 0.15) is 0 Å². The van der Waals surface area contributed by atoms with Crippen molar-refractivity contribution in [3.8, 4) is 0 Å². The average molecular weight is 394 g/mol. The number of nitrogens with one attached hydrogen (secondary N) is 1. The van der Waals surface area contributed by atoms with E-state index in [4.69, 9.17) is 0 Å². The van der Waals surface area contributed by atoms with Crippen LogP contribution in [0.2, 0.25) is 0 Å². The molecule has 4 saturated carbocycles. The highest BCUT2D eigenvalue weighted by Gasteiger charge is 2.54. The van der Waals surface area contributed by atoms with Gasteiger partial charge < -0.3 is 5.32 Å². The fraction of sp³-hybridized carbons (Fsp3) is 0.789. The second-order valence-electron chi connectivity index (χ2n) is 8.40. The maximum absolute atomic E-state index is 12.8. The molecule has 1 unspecified atom stereocenters. The Hall–Kier alpha value is -0.840. The number of hydrogen-bond acceptors (Lipinski definition) is 2. The summed E-state index contributed by atoms with van der Waals surface area (Å²) in [7, 11) is 0. The number of carbonyl (C=O) groups is 1. The number of rotatable bonds is 5. The average Bonchev–Trinajstić information content (AvgIpc) is 2.92. The van der Waals surface area contributed by atoms with Crippen molar-refractivity contribution in [3.05, 3.63) is 16.4 Å². The van der Waals surface area contributed by atoms with Crippen LogP contribution in [0.15, 0.2) is 10.7 Å². The minimum Gasteiger partial charge on any atom is -0.347 e. The third kappa shape index (κ3) is 2.73. The van der Waals surface area contributed by atoms with E-state index >= 15 is 0 Å². The Balaban J connectivity index is 1.53. The molecule has 5 heteroatoms. The lowest BCUT2D eigenvalue weighted by Crippen LogP contribution is -2.56. The van der Waals surface area contributed by atoms with E-state index in [1.165, 1.54) is 38.5 Å². The van der Waals surface area contributed by atoms with E-state index in [2.05, 4.69) is 33.3 Å². The first-order valence-corrected chi connectivity index (χ1v) is 10.4. The summed E-state index contributed by atoms with van der Waals surface area (Å²) in [4.78, 5) is 12.8. The van der Waals surface area contributed by atoms with Gasteiger partial charge in [0.25, 0.3) is 5.91 Å². The minimum absolute atomic E-state index is 0.0170. The molecule has 1 aromatic heterocycles. The molecule has 1 atom stereocenters. The standard InChI is InChI=1S/C19H28BrN3O/c1-3-16(21-18(24)17-15(20)11-23(4-2)22-17)19-8-12-5-13(9-19)7-14(6-12)10-19/h11-14,16H,3-10H2,1-2H3,(H,21,24). The van der Waals surface area contributed by atoms with Crippen LogP contribution in [0, 0.1) is 23.2 Å². The predicted molar refractivity (Wildman–Crippen MR) is 97.8 cm³/mol. The number of halogens is 1. The molecule has 1 amide bonds. The highest BCUT2D eigenvalue weighted by molar-refractivity contribution is 9.10. The summed E-state index contributed by atoms with van der Waals surface area (Å²) in [5, 5.41) is 7.79. The molecule has 4 bridgehead atoms. The van der Waals surface area contributed by atoms with Gasteiger partial charge in [-0.2, -0.15) is 5.10 Å². The molecule has 0 spiro atoms. The Morgan fingerprint density at radius 1 is 1.29 bits per heavy atom. The van der Waals surface area contributed by atoms with Crippen LogP contribution >= 0.6 is 15.9 Å². The highest BCUT2D eigenvalue weighted by Crippen LogP contribution is 2.61. The van der Waals surface area contributed by atoms with Gasteiger partial charge in [-0.3, -0.25) is 9.48 Å². The summed E-state index contributed by atoms with van der Waals surface area (Å²) in [6, 6.07) is 0.289. The Labute approximate surface area is 152 Å². The molecule has 24 heavy (non-hydrogen) atoms. The zero-order chi connectivity index (χ0) is 16.9. The van der Waals surface area contributed by atoms with E-state index in [1.54, 1.807) is 0 Å². The Morgan fingerprint density at radius 3 is 2.33 bits per heavy atom. The lowest BCUT2D eigenvalue weighted by Gasteiger charge is -2.59. The van der Waals surface area contributed by atoms with Gasteiger partial charge >= 0.3 is 0 Å². The molecule has 4 fully saturated rings. The molecule has 1 aromatic rings. The van der Waals surface area contributed by atoms with Crippen molar-refractivity contribution in [2.45, 2.75) is 71.4 Å². The summed E-state index contributed by atoms with van der Waals surface area (Å²) in [5.74, 6) is 2.71. The molecule has 4 nitrogen and oxygen atoms in total. The zero-order valence-electron chi connectivity index (χ0n) is 14.7. The van der Waals surface area contributed by atoms with Gasteiger partial charge in [-0.25, -0.2) is 0 Å². The second-order valence-corrected chi connectivity index (χ2v) is 9.25. The molecule has 1 N–H and O–H groups in total. The first kappa shape index (κ1) is 16.6. The van der Waals surface area contributed by atoms with Crippen LogP contribution in [0.4, 0.5) is 0 Å². The van der Waals surface area contributed by atoms with Crippen molar-refractivity contribution in [2.75, 3.05) is 0 Å². The molecule has 0 aliphatic heterocycles. The Morgan fingerprint density at radius 2 is 1.88 bits per heavy atom. The normalized spacial score (nSPS) is 35.2. The number of aryl methyl sites for hydroxylation is 1. The third-order valence-corrected chi connectivity index (χ3v) is 7.37. The van der Waals surface area contributed by atoms with E-state index in [9.17, 15) is 4.79 Å². The fourth-order valence-corrected chi connectivity index (χ4v) is 6.73. The van der Waals surface area contributed by atoms with Gasteiger partial charge in [0.15, 0.2) is 5.69 Å². The molecular formula is C19H28BrN3O. The summed E-state index contributed by atoms with van der Waals surface area (Å²) in [5.41, 5.74) is 0.874. The van der Waals surface area contributed by atoms with Crippen molar-refractivity contribution < 1.29 is 4.79 Å². The van der Waals surface area contributed by atoms with E-state index in [-0.39, 0.29) is 11.9 Å². The first-order valence-electron chi connectivity index (χ1n) is 9.56. The lowest BCUT2D eigenvalue weighted by atomic mass is 9.47. The van der Waals surface area contributed by atoms with Crippen molar-refractivity contribution in [1.29, 1.82) is 0 Å². The van der Waals surface area contributed by atoms with Gasteiger partial charge in [-0.1, -0.05) is 6.92 Å². The monoisotopic (exact) mass is 393 g/mol. The van der Waals surface area contributed by atoms with Gasteiger partial charge in [0.05, 0.1) is 4.47 Å². The number of hydrogen-bond donors (Lipinski definition) is 1. The molecule has 5 rings (SSSR count). The van der Waals surface area contributed by atoms with Crippen LogP contribution in [-0.2, 0) is 6.54 Å². The summed E-state index contributed by atoms with van der Waals surface area (Å²) >= 11 is 3.49. The molecule has 1 heterocycles. The number of carbonyl (C=O) groups excluding carboxylic acids is 1. The maximum Gasteiger partial charge on any atom is 0.273 e. The molecule has 0 radical (unpaired) electrons. The zero-order valence-corrected chi connectivity index (χ0v) is 16.3. The number of amides is 1. The van der Waals surface area contributed by atoms with E-state index in [0.29, 0.717) is 11.1 Å². The lowest BCUT2D eigenvalue weighted by molar-refractivity contribution is -0.0727. The molecular weight excluding hydrogens is 366 g/mol. The molecule has 4 aliphatic rings. The topological polar surface area (TPSA) is 46.9 Å². The molecule has 4 aliphatic carbocycles. The van der Waals surface area contributed by atoms with Gasteiger partial charge in [-0.15, -0.1) is 0 Å². The van der Waals surface area contributed by atoms with Crippen molar-refractivity contribution in [3.63, 3.8) is 0 Å². The quantitative estimate of drug-likeness (QED) is 0.805. The first-order chi connectivity index (χ1) is 11.5. The third-order valence-electron chi connectivity index (χ3n) is 6.79. The van der Waals surface area contributed by atoms with Gasteiger partial charge in [0.2, 0.25) is 0 Å².